The van der Waals surface area contributed by atoms with Crippen molar-refractivity contribution >= 4 is 34.1 Å². The summed E-state index contributed by atoms with van der Waals surface area (Å²) in [5.41, 5.74) is 5.76. The van der Waals surface area contributed by atoms with Crippen molar-refractivity contribution in [1.29, 1.82) is 0 Å². The summed E-state index contributed by atoms with van der Waals surface area (Å²) in [6.07, 6.45) is 0.330. The first kappa shape index (κ1) is 24.1. The summed E-state index contributed by atoms with van der Waals surface area (Å²) in [6.45, 7) is 5.95. The van der Waals surface area contributed by atoms with Gasteiger partial charge in [0.25, 0.3) is 0 Å². The van der Waals surface area contributed by atoms with Gasteiger partial charge in [-0.2, -0.15) is 0 Å². The molecule has 7 nitrogen and oxygen atoms in total. The molecule has 0 saturated heterocycles. The fourth-order valence-corrected chi connectivity index (χ4v) is 4.29. The molecule has 0 fully saturated rings. The molecule has 0 spiro atoms. The van der Waals surface area contributed by atoms with E-state index in [9.17, 15) is 9.59 Å². The van der Waals surface area contributed by atoms with E-state index in [2.05, 4.69) is 26.1 Å². The highest BCUT2D eigenvalue weighted by molar-refractivity contribution is 7.18. The first-order valence-electron chi connectivity index (χ1n) is 11.3. The van der Waals surface area contributed by atoms with Crippen molar-refractivity contribution in [2.24, 2.45) is 0 Å². The van der Waals surface area contributed by atoms with Gasteiger partial charge in [-0.1, -0.05) is 83.6 Å². The lowest BCUT2D eigenvalue weighted by molar-refractivity contribution is -0.117. The van der Waals surface area contributed by atoms with Gasteiger partial charge in [0.1, 0.15) is 11.0 Å². The van der Waals surface area contributed by atoms with E-state index >= 15 is 0 Å². The van der Waals surface area contributed by atoms with Gasteiger partial charge >= 0.3 is 6.03 Å². The summed E-state index contributed by atoms with van der Waals surface area (Å²) in [4.78, 5) is 26.0. The second-order valence-corrected chi connectivity index (χ2v) is 9.33. The maximum Gasteiger partial charge on any atom is 0.319 e. The van der Waals surface area contributed by atoms with Crippen molar-refractivity contribution in [2.75, 3.05) is 10.6 Å². The van der Waals surface area contributed by atoms with Crippen LogP contribution in [0, 0.1) is 20.8 Å². The lowest BCUT2D eigenvalue weighted by Crippen LogP contribution is -2.47. The van der Waals surface area contributed by atoms with Gasteiger partial charge in [-0.05, 0) is 43.5 Å². The number of nitrogens with one attached hydrogen (secondary N) is 3. The van der Waals surface area contributed by atoms with Gasteiger partial charge in [-0.25, -0.2) is 4.79 Å². The van der Waals surface area contributed by atoms with Crippen LogP contribution in [0.5, 0.6) is 0 Å². The van der Waals surface area contributed by atoms with E-state index in [1.807, 2.05) is 93.6 Å². The number of anilines is 2. The third-order valence-corrected chi connectivity index (χ3v) is 6.60. The molecule has 3 N–H and O–H groups in total. The van der Waals surface area contributed by atoms with Crippen LogP contribution in [-0.4, -0.2) is 28.2 Å². The number of carbonyl (C=O) groups is 2. The van der Waals surface area contributed by atoms with Gasteiger partial charge in [-0.15, -0.1) is 10.2 Å². The van der Waals surface area contributed by atoms with E-state index in [0.29, 0.717) is 22.2 Å². The van der Waals surface area contributed by atoms with Crippen LogP contribution in [0.1, 0.15) is 22.3 Å². The SMILES string of the molecule is Cc1ccc(-c2nnc(NC(=O)[C@@H](Cc3ccccc3)NC(=O)Nc3cccc(C)c3C)s2)cc1. The van der Waals surface area contributed by atoms with Crippen molar-refractivity contribution in [2.45, 2.75) is 33.2 Å². The topological polar surface area (TPSA) is 96.0 Å². The van der Waals surface area contributed by atoms with Crippen LogP contribution in [-0.2, 0) is 11.2 Å². The smallest absolute Gasteiger partial charge is 0.319 e. The van der Waals surface area contributed by atoms with Crippen molar-refractivity contribution in [3.63, 3.8) is 0 Å². The normalized spacial score (nSPS) is 11.5. The Kier molecular flexibility index (Phi) is 7.52. The average Bonchev–Trinajstić information content (AvgIpc) is 3.31. The molecule has 3 amide bonds. The number of benzene rings is 3. The molecule has 0 aliphatic rings. The van der Waals surface area contributed by atoms with Crippen LogP contribution in [0.15, 0.2) is 72.8 Å². The molecule has 3 aromatic carbocycles. The number of amides is 3. The molecule has 35 heavy (non-hydrogen) atoms. The minimum Gasteiger partial charge on any atom is -0.326 e. The second-order valence-electron chi connectivity index (χ2n) is 8.36. The molecule has 8 heteroatoms. The Morgan fingerprint density at radius 3 is 2.34 bits per heavy atom. The van der Waals surface area contributed by atoms with Crippen LogP contribution in [0.4, 0.5) is 15.6 Å². The number of carbonyl (C=O) groups excluding carboxylic acids is 2. The molecular formula is C27H27N5O2S. The fraction of sp³-hybridized carbons (Fsp3) is 0.185. The van der Waals surface area contributed by atoms with Gasteiger partial charge in [-0.3, -0.25) is 10.1 Å². The first-order valence-corrected chi connectivity index (χ1v) is 12.1. The van der Waals surface area contributed by atoms with E-state index < -0.39 is 12.1 Å². The second kappa shape index (κ2) is 10.9. The zero-order valence-corrected chi connectivity index (χ0v) is 20.6. The Morgan fingerprint density at radius 2 is 1.60 bits per heavy atom. The number of rotatable bonds is 7. The number of aromatic nitrogens is 2. The lowest BCUT2D eigenvalue weighted by atomic mass is 10.1. The van der Waals surface area contributed by atoms with Crippen LogP contribution in [0.3, 0.4) is 0 Å². The minimum atomic E-state index is -0.811. The Bertz CT molecular complexity index is 1320. The Labute approximate surface area is 208 Å². The van der Waals surface area contributed by atoms with Gasteiger partial charge in [0.2, 0.25) is 11.0 Å². The maximum absolute atomic E-state index is 13.2. The van der Waals surface area contributed by atoms with Gasteiger partial charge < -0.3 is 10.6 Å². The zero-order chi connectivity index (χ0) is 24.8. The van der Waals surface area contributed by atoms with E-state index in [0.717, 1.165) is 27.8 Å². The van der Waals surface area contributed by atoms with Gasteiger partial charge in [0, 0.05) is 17.7 Å². The number of hydrogen-bond donors (Lipinski definition) is 3. The molecule has 0 saturated carbocycles. The largest absolute Gasteiger partial charge is 0.326 e. The zero-order valence-electron chi connectivity index (χ0n) is 19.8. The van der Waals surface area contributed by atoms with Crippen LogP contribution >= 0.6 is 11.3 Å². The molecule has 0 aliphatic carbocycles. The van der Waals surface area contributed by atoms with E-state index in [4.69, 9.17) is 0 Å². The predicted octanol–water partition coefficient (Wildman–Crippen LogP) is 5.50. The summed E-state index contributed by atoms with van der Waals surface area (Å²) in [5, 5.41) is 17.9. The number of hydrogen-bond acceptors (Lipinski definition) is 5. The van der Waals surface area contributed by atoms with Crippen LogP contribution < -0.4 is 16.0 Å². The summed E-state index contributed by atoms with van der Waals surface area (Å²) in [7, 11) is 0. The highest BCUT2D eigenvalue weighted by atomic mass is 32.1. The van der Waals surface area contributed by atoms with Crippen LogP contribution in [0.2, 0.25) is 0 Å². The summed E-state index contributed by atoms with van der Waals surface area (Å²) in [5.74, 6) is -0.364. The summed E-state index contributed by atoms with van der Waals surface area (Å²) < 4.78 is 0. The third kappa shape index (κ3) is 6.30. The Balaban J connectivity index is 1.48. The average molecular weight is 486 g/mol. The van der Waals surface area contributed by atoms with Crippen LogP contribution in [0.25, 0.3) is 10.6 Å². The van der Waals surface area contributed by atoms with Gasteiger partial charge in [0.05, 0.1) is 0 Å². The molecule has 1 atom stereocenters. The highest BCUT2D eigenvalue weighted by Crippen LogP contribution is 2.26. The third-order valence-electron chi connectivity index (χ3n) is 5.71. The molecule has 1 heterocycles. The molecule has 0 radical (unpaired) electrons. The van der Waals surface area contributed by atoms with Crippen molar-refractivity contribution in [1.82, 2.24) is 15.5 Å². The number of urea groups is 1. The maximum atomic E-state index is 13.2. The molecule has 178 valence electrons. The minimum absolute atomic E-state index is 0.330. The number of aryl methyl sites for hydroxylation is 2. The Morgan fingerprint density at radius 1 is 0.857 bits per heavy atom. The van der Waals surface area contributed by atoms with Crippen molar-refractivity contribution in [3.05, 3.63) is 95.1 Å². The molecule has 0 unspecified atom stereocenters. The predicted molar refractivity (Wildman–Crippen MR) is 141 cm³/mol. The van der Waals surface area contributed by atoms with Crippen molar-refractivity contribution in [3.8, 4) is 10.6 Å². The summed E-state index contributed by atoms with van der Waals surface area (Å²) in [6, 6.07) is 21.9. The molecule has 0 bridgehead atoms. The molecule has 4 rings (SSSR count). The molecule has 0 aliphatic heterocycles. The summed E-state index contributed by atoms with van der Waals surface area (Å²) >= 11 is 1.29. The Hall–Kier alpha value is -4.04. The van der Waals surface area contributed by atoms with E-state index in [1.54, 1.807) is 0 Å². The molecular weight excluding hydrogens is 458 g/mol. The number of nitrogens with zero attached hydrogens (tertiary/aromatic N) is 2. The first-order chi connectivity index (χ1) is 16.9. The van der Waals surface area contributed by atoms with E-state index in [-0.39, 0.29) is 5.91 Å². The van der Waals surface area contributed by atoms with E-state index in [1.165, 1.54) is 11.3 Å². The molecule has 1 aromatic heterocycles. The standard InChI is InChI=1S/C27H27N5O2S/c1-17-12-14-21(15-13-17)25-31-32-27(35-25)30-24(33)23(16-20-9-5-4-6-10-20)29-26(34)28-22-11-7-8-18(2)19(22)3/h4-15,23H,16H2,1-3H3,(H2,28,29,34)(H,30,32,33)/t23-/m1/s1. The van der Waals surface area contributed by atoms with Crippen molar-refractivity contribution < 1.29 is 9.59 Å². The monoisotopic (exact) mass is 485 g/mol. The highest BCUT2D eigenvalue weighted by Gasteiger charge is 2.23. The fourth-order valence-electron chi connectivity index (χ4n) is 3.54. The quantitative estimate of drug-likeness (QED) is 0.322. The van der Waals surface area contributed by atoms with Gasteiger partial charge in [0.15, 0.2) is 0 Å². The molecule has 4 aromatic rings. The lowest BCUT2D eigenvalue weighted by Gasteiger charge is -2.19.